The molecule has 8 nitrogen and oxygen atoms in total. The van der Waals surface area contributed by atoms with E-state index in [4.69, 9.17) is 18.9 Å². The van der Waals surface area contributed by atoms with Gasteiger partial charge in [0.1, 0.15) is 23.4 Å². The van der Waals surface area contributed by atoms with Crippen molar-refractivity contribution in [1.82, 2.24) is 0 Å². The van der Waals surface area contributed by atoms with Crippen LogP contribution < -0.4 is 0 Å². The third-order valence-electron chi connectivity index (χ3n) is 7.04. The van der Waals surface area contributed by atoms with Gasteiger partial charge in [0.05, 0.1) is 11.1 Å². The van der Waals surface area contributed by atoms with Crippen LogP contribution in [0.25, 0.3) is 0 Å². The normalized spacial score (nSPS) is 15.6. The van der Waals surface area contributed by atoms with Crippen LogP contribution in [0.3, 0.4) is 0 Å². The molecule has 0 spiro atoms. The number of hydrogen-bond acceptors (Lipinski definition) is 8. The van der Waals surface area contributed by atoms with Crippen LogP contribution in [0.1, 0.15) is 81.0 Å². The van der Waals surface area contributed by atoms with E-state index in [-0.39, 0.29) is 11.7 Å². The second-order valence-corrected chi connectivity index (χ2v) is 10.7. The Labute approximate surface area is 240 Å². The minimum absolute atomic E-state index is 0.277. The number of allylic oxidation sites excluding steroid dienone is 7. The predicted octanol–water partition coefficient (Wildman–Crippen LogP) is 6.82. The van der Waals surface area contributed by atoms with Gasteiger partial charge in [-0.2, -0.15) is 0 Å². The highest BCUT2D eigenvalue weighted by molar-refractivity contribution is 5.94. The van der Waals surface area contributed by atoms with Crippen LogP contribution in [0.15, 0.2) is 95.7 Å². The first kappa shape index (κ1) is 31.1. The van der Waals surface area contributed by atoms with Gasteiger partial charge in [0, 0.05) is 35.8 Å². The monoisotopic (exact) mass is 560 g/mol. The smallest absolute Gasteiger partial charge is 0.343 e. The van der Waals surface area contributed by atoms with Crippen LogP contribution in [0.4, 0.5) is 0 Å². The maximum absolute atomic E-state index is 12.7. The van der Waals surface area contributed by atoms with Crippen LogP contribution >= 0.6 is 0 Å². The molecule has 2 aliphatic rings. The molecule has 1 atom stereocenters. The second kappa shape index (κ2) is 13.3. The number of esters is 4. The molecule has 0 aromatic heterocycles. The molecule has 0 amide bonds. The molecule has 1 aromatic carbocycles. The molecule has 0 N–H and O–H groups in total. The van der Waals surface area contributed by atoms with E-state index in [0.29, 0.717) is 59.7 Å². The molecule has 8 heteroatoms. The van der Waals surface area contributed by atoms with Gasteiger partial charge in [0.2, 0.25) is 0 Å². The summed E-state index contributed by atoms with van der Waals surface area (Å²) in [6, 6.07) is 6.02. The Morgan fingerprint density at radius 1 is 0.683 bits per heavy atom. The minimum Gasteiger partial charge on any atom is -0.458 e. The van der Waals surface area contributed by atoms with Crippen LogP contribution in [0.2, 0.25) is 0 Å². The van der Waals surface area contributed by atoms with Crippen molar-refractivity contribution in [3.05, 3.63) is 107 Å². The Morgan fingerprint density at radius 2 is 1.10 bits per heavy atom. The third kappa shape index (κ3) is 8.27. The first-order valence-electron chi connectivity index (χ1n) is 13.4. The fourth-order valence-corrected chi connectivity index (χ4v) is 3.98. The Hall–Kier alpha value is -4.46. The zero-order chi connectivity index (χ0) is 30.3. The molecule has 2 aliphatic carbocycles. The van der Waals surface area contributed by atoms with E-state index < -0.39 is 29.3 Å². The van der Waals surface area contributed by atoms with Crippen molar-refractivity contribution < 1.29 is 38.1 Å². The molecule has 41 heavy (non-hydrogen) atoms. The standard InChI is InChI=1S/C33H36O8/c1-20(2)29(34)38-22(5)33(6,7)25-12-14-26(15-13-25)40-31(36)23-8-10-24(11-9-23)32(37)41-28-18-16-27(17-19-28)39-30(35)21(3)4/h8-12,14,16,18,22H,1,3,13,15,17,19H2,2,4-7H3. The highest BCUT2D eigenvalue weighted by Crippen LogP contribution is 2.38. The van der Waals surface area contributed by atoms with Crippen molar-refractivity contribution >= 4 is 23.9 Å². The van der Waals surface area contributed by atoms with Crippen molar-refractivity contribution in [2.45, 2.75) is 66.4 Å². The summed E-state index contributed by atoms with van der Waals surface area (Å²) >= 11 is 0. The minimum atomic E-state index is -0.564. The van der Waals surface area contributed by atoms with Crippen LogP contribution in [-0.2, 0) is 28.5 Å². The molecule has 0 saturated carbocycles. The second-order valence-electron chi connectivity index (χ2n) is 10.7. The molecular weight excluding hydrogens is 524 g/mol. The summed E-state index contributed by atoms with van der Waals surface area (Å²) < 4.78 is 21.7. The van der Waals surface area contributed by atoms with Gasteiger partial charge < -0.3 is 18.9 Å². The summed E-state index contributed by atoms with van der Waals surface area (Å²) in [6.45, 7) is 16.2. The first-order valence-corrected chi connectivity index (χ1v) is 13.4. The molecular formula is C33H36O8. The van der Waals surface area contributed by atoms with E-state index in [0.717, 1.165) is 5.57 Å². The Bertz CT molecular complexity index is 1380. The largest absolute Gasteiger partial charge is 0.458 e. The van der Waals surface area contributed by atoms with E-state index in [1.54, 1.807) is 32.1 Å². The van der Waals surface area contributed by atoms with E-state index in [9.17, 15) is 19.2 Å². The van der Waals surface area contributed by atoms with Crippen molar-refractivity contribution in [3.8, 4) is 0 Å². The predicted molar refractivity (Wildman–Crippen MR) is 153 cm³/mol. The van der Waals surface area contributed by atoms with Crippen molar-refractivity contribution in [3.63, 3.8) is 0 Å². The molecule has 0 aliphatic heterocycles. The quantitative estimate of drug-likeness (QED) is 0.174. The number of carbonyl (C=O) groups excluding carboxylic acids is 4. The van der Waals surface area contributed by atoms with E-state index in [2.05, 4.69) is 13.2 Å². The Morgan fingerprint density at radius 3 is 1.49 bits per heavy atom. The van der Waals surface area contributed by atoms with Gasteiger partial charge >= 0.3 is 23.9 Å². The molecule has 216 valence electrons. The summed E-state index contributed by atoms with van der Waals surface area (Å²) in [6.07, 6.45) is 8.44. The molecule has 1 aromatic rings. The molecule has 0 saturated heterocycles. The number of benzene rings is 1. The average molecular weight is 561 g/mol. The molecule has 1 unspecified atom stereocenters. The number of ether oxygens (including phenoxy) is 4. The molecule has 0 bridgehead atoms. The molecule has 3 rings (SSSR count). The van der Waals surface area contributed by atoms with Gasteiger partial charge in [0.15, 0.2) is 0 Å². The van der Waals surface area contributed by atoms with Crippen molar-refractivity contribution in [1.29, 1.82) is 0 Å². The summed E-state index contributed by atoms with van der Waals surface area (Å²) in [5, 5.41) is 0. The third-order valence-corrected chi connectivity index (χ3v) is 7.04. The SMILES string of the molecule is C=C(C)C(=O)OC1=CC=C(OC(=O)c2ccc(C(=O)OC3=CC=C(C(C)(C)C(C)OC(=O)C(=C)C)CC3)cc2)CC1. The molecule has 0 heterocycles. The summed E-state index contributed by atoms with van der Waals surface area (Å²) in [5.41, 5.74) is 1.89. The summed E-state index contributed by atoms with van der Waals surface area (Å²) in [7, 11) is 0. The topological polar surface area (TPSA) is 105 Å². The van der Waals surface area contributed by atoms with Gasteiger partial charge in [-0.1, -0.05) is 38.7 Å². The first-order chi connectivity index (χ1) is 19.3. The highest BCUT2D eigenvalue weighted by Gasteiger charge is 2.34. The number of rotatable bonds is 10. The van der Waals surface area contributed by atoms with Crippen molar-refractivity contribution in [2.75, 3.05) is 0 Å². The Balaban J connectivity index is 1.56. The number of hydrogen-bond donors (Lipinski definition) is 0. The highest BCUT2D eigenvalue weighted by atomic mass is 16.6. The molecule has 0 fully saturated rings. The van der Waals surface area contributed by atoms with Crippen LogP contribution in [0.5, 0.6) is 0 Å². The average Bonchev–Trinajstić information content (AvgIpc) is 2.94. The van der Waals surface area contributed by atoms with E-state index >= 15 is 0 Å². The van der Waals surface area contributed by atoms with Crippen LogP contribution in [-0.4, -0.2) is 30.0 Å². The zero-order valence-corrected chi connectivity index (χ0v) is 24.2. The van der Waals surface area contributed by atoms with Crippen LogP contribution in [0, 0.1) is 5.41 Å². The lowest BCUT2D eigenvalue weighted by Crippen LogP contribution is -2.34. The van der Waals surface area contributed by atoms with Gasteiger partial charge in [-0.05, 0) is 69.7 Å². The van der Waals surface area contributed by atoms with Gasteiger partial charge in [0.25, 0.3) is 0 Å². The lowest BCUT2D eigenvalue weighted by atomic mass is 9.76. The zero-order valence-electron chi connectivity index (χ0n) is 24.2. The van der Waals surface area contributed by atoms with Gasteiger partial charge in [-0.3, -0.25) is 0 Å². The maximum atomic E-state index is 12.7. The summed E-state index contributed by atoms with van der Waals surface area (Å²) in [4.78, 5) is 48.9. The van der Waals surface area contributed by atoms with Gasteiger partial charge in [-0.25, -0.2) is 19.2 Å². The van der Waals surface area contributed by atoms with E-state index in [1.165, 1.54) is 24.3 Å². The fraction of sp³-hybridized carbons (Fsp3) is 0.333. The Kier molecular flexibility index (Phi) is 10.1. The summed E-state index contributed by atoms with van der Waals surface area (Å²) in [5.74, 6) is -0.581. The van der Waals surface area contributed by atoms with Crippen molar-refractivity contribution in [2.24, 2.45) is 5.41 Å². The number of carbonyl (C=O) groups is 4. The lowest BCUT2D eigenvalue weighted by Gasteiger charge is -2.35. The molecule has 0 radical (unpaired) electrons. The lowest BCUT2D eigenvalue weighted by molar-refractivity contribution is -0.147. The maximum Gasteiger partial charge on any atom is 0.343 e. The van der Waals surface area contributed by atoms with E-state index in [1.807, 2.05) is 26.8 Å². The fourth-order valence-electron chi connectivity index (χ4n) is 3.98. The van der Waals surface area contributed by atoms with Gasteiger partial charge in [-0.15, -0.1) is 0 Å².